The predicted octanol–water partition coefficient (Wildman–Crippen LogP) is 0.523. The van der Waals surface area contributed by atoms with E-state index in [1.807, 2.05) is 6.92 Å². The van der Waals surface area contributed by atoms with E-state index in [-0.39, 0.29) is 18.6 Å². The minimum absolute atomic E-state index is 0.0496. The van der Waals surface area contributed by atoms with Crippen LogP contribution in [0.1, 0.15) is 26.2 Å². The van der Waals surface area contributed by atoms with E-state index in [4.69, 9.17) is 5.11 Å². The molecule has 1 aliphatic rings. The molecule has 0 amide bonds. The summed E-state index contributed by atoms with van der Waals surface area (Å²) in [7, 11) is -3.22. The first-order valence-electron chi connectivity index (χ1n) is 5.11. The number of carboxylic acids is 1. The van der Waals surface area contributed by atoms with Gasteiger partial charge in [0.05, 0.1) is 5.75 Å². The highest BCUT2D eigenvalue weighted by molar-refractivity contribution is 7.89. The van der Waals surface area contributed by atoms with E-state index < -0.39 is 16.0 Å². The molecule has 0 spiro atoms. The molecule has 1 heterocycles. The second-order valence-corrected chi connectivity index (χ2v) is 6.15. The fourth-order valence-corrected chi connectivity index (χ4v) is 3.31. The van der Waals surface area contributed by atoms with Crippen molar-refractivity contribution in [1.29, 1.82) is 0 Å². The topological polar surface area (TPSA) is 74.7 Å². The fraction of sp³-hybridized carbons (Fsp3) is 0.889. The number of sulfonamides is 1. The van der Waals surface area contributed by atoms with Crippen LogP contribution in [0, 0.1) is 5.92 Å². The molecule has 1 unspecified atom stereocenters. The van der Waals surface area contributed by atoms with E-state index in [9.17, 15) is 13.2 Å². The maximum atomic E-state index is 11.7. The molecule has 0 aliphatic carbocycles. The highest BCUT2D eigenvalue weighted by Gasteiger charge is 2.28. The fourth-order valence-electron chi connectivity index (χ4n) is 1.68. The van der Waals surface area contributed by atoms with Gasteiger partial charge in [0, 0.05) is 19.5 Å². The zero-order chi connectivity index (χ0) is 11.5. The van der Waals surface area contributed by atoms with Gasteiger partial charge in [0.2, 0.25) is 10.0 Å². The Kier molecular flexibility index (Phi) is 4.10. The van der Waals surface area contributed by atoms with Crippen LogP contribution in [0.2, 0.25) is 0 Å². The lowest BCUT2D eigenvalue weighted by Crippen LogP contribution is -2.31. The Morgan fingerprint density at radius 3 is 2.67 bits per heavy atom. The summed E-state index contributed by atoms with van der Waals surface area (Å²) in [6, 6.07) is 0. The van der Waals surface area contributed by atoms with Crippen LogP contribution in [0.3, 0.4) is 0 Å². The van der Waals surface area contributed by atoms with Crippen LogP contribution in [-0.2, 0) is 14.8 Å². The number of aliphatic carboxylic acids is 1. The zero-order valence-corrected chi connectivity index (χ0v) is 9.66. The Bertz CT molecular complexity index is 325. The van der Waals surface area contributed by atoms with Crippen molar-refractivity contribution in [1.82, 2.24) is 4.31 Å². The maximum Gasteiger partial charge on any atom is 0.303 e. The molecule has 1 atom stereocenters. The SMILES string of the molecule is CC1CCN(S(=O)(=O)CCCC(=O)O)C1. The molecular weight excluding hydrogens is 218 g/mol. The van der Waals surface area contributed by atoms with Crippen LogP contribution < -0.4 is 0 Å². The molecule has 0 radical (unpaired) electrons. The molecule has 0 aromatic heterocycles. The van der Waals surface area contributed by atoms with Crippen LogP contribution >= 0.6 is 0 Å². The maximum absolute atomic E-state index is 11.7. The van der Waals surface area contributed by atoms with E-state index in [0.29, 0.717) is 19.0 Å². The molecule has 1 saturated heterocycles. The Morgan fingerprint density at radius 1 is 1.53 bits per heavy atom. The summed E-state index contributed by atoms with van der Waals surface area (Å²) in [5.41, 5.74) is 0. The molecule has 0 bridgehead atoms. The average Bonchev–Trinajstić information content (AvgIpc) is 2.51. The quantitative estimate of drug-likeness (QED) is 0.754. The van der Waals surface area contributed by atoms with Crippen molar-refractivity contribution in [2.24, 2.45) is 5.92 Å². The molecule has 5 nitrogen and oxygen atoms in total. The molecule has 0 aromatic rings. The molecule has 1 fully saturated rings. The molecule has 0 aromatic carbocycles. The molecule has 15 heavy (non-hydrogen) atoms. The Morgan fingerprint density at radius 2 is 2.20 bits per heavy atom. The molecule has 0 saturated carbocycles. The summed E-state index contributed by atoms with van der Waals surface area (Å²) in [6.45, 7) is 3.18. The number of rotatable bonds is 5. The van der Waals surface area contributed by atoms with Crippen LogP contribution in [0.25, 0.3) is 0 Å². The van der Waals surface area contributed by atoms with Gasteiger partial charge < -0.3 is 5.11 Å². The van der Waals surface area contributed by atoms with Crippen LogP contribution in [0.15, 0.2) is 0 Å². The van der Waals surface area contributed by atoms with E-state index in [2.05, 4.69) is 0 Å². The van der Waals surface area contributed by atoms with Crippen LogP contribution in [0.4, 0.5) is 0 Å². The smallest absolute Gasteiger partial charge is 0.303 e. The van der Waals surface area contributed by atoms with Gasteiger partial charge in [-0.2, -0.15) is 0 Å². The van der Waals surface area contributed by atoms with Gasteiger partial charge in [-0.15, -0.1) is 0 Å². The summed E-state index contributed by atoms with van der Waals surface area (Å²) in [5, 5.41) is 8.41. The van der Waals surface area contributed by atoms with Gasteiger partial charge in [-0.3, -0.25) is 4.79 Å². The summed E-state index contributed by atoms with van der Waals surface area (Å²) < 4.78 is 24.9. The van der Waals surface area contributed by atoms with E-state index in [1.165, 1.54) is 4.31 Å². The highest BCUT2D eigenvalue weighted by atomic mass is 32.2. The van der Waals surface area contributed by atoms with Gasteiger partial charge in [0.1, 0.15) is 0 Å². The molecule has 1 N–H and O–H groups in total. The standard InChI is InChI=1S/C9H17NO4S/c1-8-4-5-10(7-8)15(13,14)6-2-3-9(11)12/h8H,2-7H2,1H3,(H,11,12). The van der Waals surface area contributed by atoms with Crippen molar-refractivity contribution in [3.8, 4) is 0 Å². The zero-order valence-electron chi connectivity index (χ0n) is 8.85. The summed E-state index contributed by atoms with van der Waals surface area (Å²) >= 11 is 0. The Balaban J connectivity index is 2.42. The van der Waals surface area contributed by atoms with Crippen molar-refractivity contribution in [3.63, 3.8) is 0 Å². The predicted molar refractivity (Wildman–Crippen MR) is 56.0 cm³/mol. The normalized spacial score (nSPS) is 23.1. The minimum Gasteiger partial charge on any atom is -0.481 e. The van der Waals surface area contributed by atoms with Crippen LogP contribution in [0.5, 0.6) is 0 Å². The van der Waals surface area contributed by atoms with Gasteiger partial charge >= 0.3 is 5.97 Å². The number of hydrogen-bond donors (Lipinski definition) is 1. The van der Waals surface area contributed by atoms with Gasteiger partial charge in [-0.05, 0) is 18.8 Å². The lowest BCUT2D eigenvalue weighted by molar-refractivity contribution is -0.137. The molecule has 6 heteroatoms. The monoisotopic (exact) mass is 235 g/mol. The molecule has 1 aliphatic heterocycles. The Labute approximate surface area is 90.1 Å². The second-order valence-electron chi connectivity index (χ2n) is 4.07. The first-order valence-corrected chi connectivity index (χ1v) is 6.72. The first kappa shape index (κ1) is 12.4. The van der Waals surface area contributed by atoms with E-state index in [0.717, 1.165) is 6.42 Å². The second kappa shape index (κ2) is 4.94. The van der Waals surface area contributed by atoms with Gasteiger partial charge in [0.15, 0.2) is 0 Å². The van der Waals surface area contributed by atoms with E-state index >= 15 is 0 Å². The number of nitrogens with zero attached hydrogens (tertiary/aromatic N) is 1. The summed E-state index contributed by atoms with van der Waals surface area (Å²) in [5.74, 6) is -0.578. The molecule has 88 valence electrons. The number of hydrogen-bond acceptors (Lipinski definition) is 3. The average molecular weight is 235 g/mol. The van der Waals surface area contributed by atoms with Crippen molar-refractivity contribution in [2.45, 2.75) is 26.2 Å². The van der Waals surface area contributed by atoms with Crippen molar-refractivity contribution in [3.05, 3.63) is 0 Å². The van der Waals surface area contributed by atoms with Crippen molar-refractivity contribution >= 4 is 16.0 Å². The largest absolute Gasteiger partial charge is 0.481 e. The summed E-state index contributed by atoms with van der Waals surface area (Å²) in [4.78, 5) is 10.3. The third kappa shape index (κ3) is 3.79. The Hall–Kier alpha value is -0.620. The number of carboxylic acid groups (broad SMARTS) is 1. The van der Waals surface area contributed by atoms with Gasteiger partial charge in [0.25, 0.3) is 0 Å². The third-order valence-corrected chi connectivity index (χ3v) is 4.50. The van der Waals surface area contributed by atoms with Gasteiger partial charge in [-0.25, -0.2) is 12.7 Å². The van der Waals surface area contributed by atoms with Gasteiger partial charge in [-0.1, -0.05) is 6.92 Å². The molecular formula is C9H17NO4S. The van der Waals surface area contributed by atoms with Crippen molar-refractivity contribution in [2.75, 3.05) is 18.8 Å². The minimum atomic E-state index is -3.22. The molecule has 1 rings (SSSR count). The lowest BCUT2D eigenvalue weighted by atomic mass is 10.2. The van der Waals surface area contributed by atoms with Crippen LogP contribution in [-0.4, -0.2) is 42.6 Å². The number of carbonyl (C=O) groups is 1. The highest BCUT2D eigenvalue weighted by Crippen LogP contribution is 2.19. The first-order chi connectivity index (χ1) is 6.92. The van der Waals surface area contributed by atoms with E-state index in [1.54, 1.807) is 0 Å². The third-order valence-electron chi connectivity index (χ3n) is 2.57. The summed E-state index contributed by atoms with van der Waals surface area (Å²) in [6.07, 6.45) is 1.02. The van der Waals surface area contributed by atoms with Crippen molar-refractivity contribution < 1.29 is 18.3 Å². The lowest BCUT2D eigenvalue weighted by Gasteiger charge is -2.15.